The molecule has 2 aromatic rings. The fourth-order valence-electron chi connectivity index (χ4n) is 2.25. The van der Waals surface area contributed by atoms with Crippen molar-refractivity contribution >= 4 is 0 Å². The van der Waals surface area contributed by atoms with Crippen LogP contribution in [0, 0.1) is 0 Å². The number of aryl methyl sites for hydroxylation is 1. The summed E-state index contributed by atoms with van der Waals surface area (Å²) in [5, 5.41) is 0. The Kier molecular flexibility index (Phi) is 4.40. The smallest absolute Gasteiger partial charge is 0.328 e. The average Bonchev–Trinajstić information content (AvgIpc) is 2.85. The predicted octanol–water partition coefficient (Wildman–Crippen LogP) is 5.10. The van der Waals surface area contributed by atoms with Gasteiger partial charge in [0.25, 0.3) is 0 Å². The number of benzene rings is 1. The SMILES string of the molecule is CCCc1ccc(-c2nc(C(F)(F)F)cn2C(C)C)cc1. The first kappa shape index (κ1) is 15.6. The molecular weight excluding hydrogens is 277 g/mol. The third-order valence-electron chi connectivity index (χ3n) is 3.33. The van der Waals surface area contributed by atoms with Crippen molar-refractivity contribution in [2.24, 2.45) is 0 Å². The van der Waals surface area contributed by atoms with Crippen LogP contribution in [0.3, 0.4) is 0 Å². The van der Waals surface area contributed by atoms with Gasteiger partial charge in [-0.15, -0.1) is 0 Å². The maximum absolute atomic E-state index is 12.8. The summed E-state index contributed by atoms with van der Waals surface area (Å²) in [6.45, 7) is 5.78. The monoisotopic (exact) mass is 296 g/mol. The fourth-order valence-corrected chi connectivity index (χ4v) is 2.25. The van der Waals surface area contributed by atoms with Gasteiger partial charge in [0.15, 0.2) is 5.69 Å². The molecule has 114 valence electrons. The second kappa shape index (κ2) is 5.92. The lowest BCUT2D eigenvalue weighted by atomic mass is 10.1. The second-order valence-electron chi connectivity index (χ2n) is 5.40. The number of alkyl halides is 3. The molecule has 0 aliphatic heterocycles. The highest BCUT2D eigenvalue weighted by molar-refractivity contribution is 5.57. The van der Waals surface area contributed by atoms with Crippen LogP contribution >= 0.6 is 0 Å². The zero-order chi connectivity index (χ0) is 15.6. The Morgan fingerprint density at radius 2 is 1.76 bits per heavy atom. The summed E-state index contributed by atoms with van der Waals surface area (Å²) < 4.78 is 40.1. The molecule has 0 spiro atoms. The minimum absolute atomic E-state index is 0.0843. The van der Waals surface area contributed by atoms with Crippen LogP contribution in [-0.2, 0) is 12.6 Å². The van der Waals surface area contributed by atoms with Gasteiger partial charge in [0, 0.05) is 17.8 Å². The molecule has 0 atom stereocenters. The molecule has 0 radical (unpaired) electrons. The zero-order valence-corrected chi connectivity index (χ0v) is 12.4. The van der Waals surface area contributed by atoms with Gasteiger partial charge in [-0.2, -0.15) is 13.2 Å². The molecular formula is C16H19F3N2. The number of rotatable bonds is 4. The molecule has 1 heterocycles. The van der Waals surface area contributed by atoms with Crippen molar-refractivity contribution in [2.75, 3.05) is 0 Å². The van der Waals surface area contributed by atoms with Crippen LogP contribution < -0.4 is 0 Å². The Morgan fingerprint density at radius 3 is 2.24 bits per heavy atom. The van der Waals surface area contributed by atoms with Gasteiger partial charge < -0.3 is 4.57 Å². The van der Waals surface area contributed by atoms with E-state index in [1.807, 2.05) is 38.1 Å². The molecule has 0 saturated carbocycles. The van der Waals surface area contributed by atoms with E-state index in [9.17, 15) is 13.2 Å². The Hall–Kier alpha value is -1.78. The molecule has 5 heteroatoms. The van der Waals surface area contributed by atoms with Gasteiger partial charge in [0.05, 0.1) is 0 Å². The molecule has 1 aromatic carbocycles. The minimum Gasteiger partial charge on any atom is -0.328 e. The van der Waals surface area contributed by atoms with Gasteiger partial charge in [-0.05, 0) is 25.8 Å². The summed E-state index contributed by atoms with van der Waals surface area (Å²) in [6.07, 6.45) is -1.33. The van der Waals surface area contributed by atoms with Crippen molar-refractivity contribution in [1.29, 1.82) is 0 Å². The Balaban J connectivity index is 2.44. The Morgan fingerprint density at radius 1 is 1.14 bits per heavy atom. The highest BCUT2D eigenvalue weighted by Crippen LogP contribution is 2.32. The maximum Gasteiger partial charge on any atom is 0.434 e. The van der Waals surface area contributed by atoms with Gasteiger partial charge in [0.2, 0.25) is 0 Å². The Labute approximate surface area is 122 Å². The summed E-state index contributed by atoms with van der Waals surface area (Å²) in [4.78, 5) is 3.79. The second-order valence-corrected chi connectivity index (χ2v) is 5.40. The van der Waals surface area contributed by atoms with Crippen molar-refractivity contribution in [1.82, 2.24) is 9.55 Å². The first-order valence-corrected chi connectivity index (χ1v) is 7.08. The van der Waals surface area contributed by atoms with E-state index in [2.05, 4.69) is 11.9 Å². The largest absolute Gasteiger partial charge is 0.434 e. The minimum atomic E-state index is -4.42. The van der Waals surface area contributed by atoms with Crippen molar-refractivity contribution in [3.63, 3.8) is 0 Å². The van der Waals surface area contributed by atoms with Crippen molar-refractivity contribution in [3.8, 4) is 11.4 Å². The molecule has 0 bridgehead atoms. The normalized spacial score (nSPS) is 12.1. The first-order chi connectivity index (χ1) is 9.82. The van der Waals surface area contributed by atoms with Crippen LogP contribution in [0.2, 0.25) is 0 Å². The summed E-state index contributed by atoms with van der Waals surface area (Å²) in [5.74, 6) is 0.361. The maximum atomic E-state index is 12.8. The van der Waals surface area contributed by atoms with E-state index >= 15 is 0 Å². The van der Waals surface area contributed by atoms with Crippen LogP contribution in [0.4, 0.5) is 13.2 Å². The number of aromatic nitrogens is 2. The van der Waals surface area contributed by atoms with Crippen LogP contribution in [0.25, 0.3) is 11.4 Å². The highest BCUT2D eigenvalue weighted by atomic mass is 19.4. The van der Waals surface area contributed by atoms with E-state index in [0.29, 0.717) is 11.4 Å². The molecule has 2 rings (SSSR count). The third kappa shape index (κ3) is 3.46. The van der Waals surface area contributed by atoms with E-state index < -0.39 is 11.9 Å². The molecule has 0 saturated heterocycles. The lowest BCUT2D eigenvalue weighted by molar-refractivity contribution is -0.140. The number of hydrogen-bond acceptors (Lipinski definition) is 1. The van der Waals surface area contributed by atoms with Gasteiger partial charge in [-0.25, -0.2) is 4.98 Å². The van der Waals surface area contributed by atoms with Crippen LogP contribution in [0.5, 0.6) is 0 Å². The molecule has 0 aliphatic carbocycles. The summed E-state index contributed by atoms with van der Waals surface area (Å²) >= 11 is 0. The average molecular weight is 296 g/mol. The van der Waals surface area contributed by atoms with Crippen LogP contribution in [0.15, 0.2) is 30.5 Å². The van der Waals surface area contributed by atoms with Gasteiger partial charge >= 0.3 is 6.18 Å². The number of nitrogens with zero attached hydrogens (tertiary/aromatic N) is 2. The van der Waals surface area contributed by atoms with Crippen molar-refractivity contribution in [3.05, 3.63) is 41.7 Å². The molecule has 21 heavy (non-hydrogen) atoms. The van der Waals surface area contributed by atoms with Gasteiger partial charge in [-0.3, -0.25) is 0 Å². The first-order valence-electron chi connectivity index (χ1n) is 7.08. The van der Waals surface area contributed by atoms with E-state index in [-0.39, 0.29) is 6.04 Å². The van der Waals surface area contributed by atoms with E-state index in [1.165, 1.54) is 5.56 Å². The lowest BCUT2D eigenvalue weighted by Gasteiger charge is -2.11. The van der Waals surface area contributed by atoms with Crippen LogP contribution in [0.1, 0.15) is 44.5 Å². The molecule has 0 amide bonds. The van der Waals surface area contributed by atoms with Crippen molar-refractivity contribution in [2.45, 2.75) is 45.8 Å². The summed E-state index contributed by atoms with van der Waals surface area (Å²) in [7, 11) is 0. The number of halogens is 3. The Bertz CT molecular complexity index is 595. The summed E-state index contributed by atoms with van der Waals surface area (Å²) in [6, 6.07) is 7.49. The lowest BCUT2D eigenvalue weighted by Crippen LogP contribution is -2.05. The van der Waals surface area contributed by atoms with Crippen molar-refractivity contribution < 1.29 is 13.2 Å². The molecule has 1 aromatic heterocycles. The standard InChI is InChI=1S/C16H19F3N2/c1-4-5-12-6-8-13(9-7-12)15-20-14(16(17,18)19)10-21(15)11(2)3/h6-11H,4-5H2,1-3H3. The van der Waals surface area contributed by atoms with Gasteiger partial charge in [0.1, 0.15) is 5.82 Å². The van der Waals surface area contributed by atoms with Gasteiger partial charge in [-0.1, -0.05) is 37.6 Å². The molecule has 0 fully saturated rings. The van der Waals surface area contributed by atoms with E-state index in [0.717, 1.165) is 19.0 Å². The topological polar surface area (TPSA) is 17.8 Å². The molecule has 0 N–H and O–H groups in total. The number of imidazole rings is 1. The third-order valence-corrected chi connectivity index (χ3v) is 3.33. The van der Waals surface area contributed by atoms with Crippen LogP contribution in [-0.4, -0.2) is 9.55 Å². The quantitative estimate of drug-likeness (QED) is 0.767. The molecule has 0 aliphatic rings. The van der Waals surface area contributed by atoms with E-state index in [4.69, 9.17) is 0 Å². The number of hydrogen-bond donors (Lipinski definition) is 0. The fraction of sp³-hybridized carbons (Fsp3) is 0.438. The summed E-state index contributed by atoms with van der Waals surface area (Å²) in [5.41, 5.74) is 1.04. The zero-order valence-electron chi connectivity index (χ0n) is 12.4. The molecule has 2 nitrogen and oxygen atoms in total. The molecule has 0 unspecified atom stereocenters. The predicted molar refractivity (Wildman–Crippen MR) is 77.0 cm³/mol. The van der Waals surface area contributed by atoms with E-state index in [1.54, 1.807) is 4.57 Å². The highest BCUT2D eigenvalue weighted by Gasteiger charge is 2.35.